The summed E-state index contributed by atoms with van der Waals surface area (Å²) in [5.41, 5.74) is 6.17. The van der Waals surface area contributed by atoms with Gasteiger partial charge in [-0.3, -0.25) is 4.79 Å². The van der Waals surface area contributed by atoms with E-state index >= 15 is 0 Å². The van der Waals surface area contributed by atoms with Crippen LogP contribution in [0.25, 0.3) is 11.0 Å². The second kappa shape index (κ2) is 5.83. The van der Waals surface area contributed by atoms with Gasteiger partial charge in [-0.2, -0.15) is 5.10 Å². The van der Waals surface area contributed by atoms with Crippen molar-refractivity contribution in [3.05, 3.63) is 41.7 Å². The van der Waals surface area contributed by atoms with Gasteiger partial charge in [0, 0.05) is 0 Å². The zero-order chi connectivity index (χ0) is 17.6. The van der Waals surface area contributed by atoms with Gasteiger partial charge in [-0.1, -0.05) is 32.1 Å². The molecule has 1 fully saturated rings. The molecular formula is C20H24N4O. The number of rotatable bonds is 4. The number of nitrogens with one attached hydrogen (secondary N) is 1. The minimum absolute atomic E-state index is 0.135. The number of aryl methyl sites for hydroxylation is 1. The van der Waals surface area contributed by atoms with Crippen LogP contribution in [0, 0.1) is 24.2 Å². The Bertz CT molecular complexity index is 890. The Morgan fingerprint density at radius 2 is 2.24 bits per heavy atom. The van der Waals surface area contributed by atoms with E-state index in [9.17, 15) is 4.79 Å². The maximum Gasteiger partial charge on any atom is 0.260 e. The van der Waals surface area contributed by atoms with Crippen molar-refractivity contribution >= 4 is 23.2 Å². The third kappa shape index (κ3) is 2.68. The SMILES string of the molecule is Cc1nc2ccccc2n1CC(=O)N/N=C/C1=CCC2CC1C2(C)C. The van der Waals surface area contributed by atoms with Crippen molar-refractivity contribution in [3.63, 3.8) is 0 Å². The van der Waals surface area contributed by atoms with Gasteiger partial charge in [0.15, 0.2) is 0 Å². The first-order valence-corrected chi connectivity index (χ1v) is 8.90. The molecule has 1 aromatic carbocycles. The monoisotopic (exact) mass is 336 g/mol. The molecule has 0 spiro atoms. The Kier molecular flexibility index (Phi) is 3.74. The number of hydrogen-bond donors (Lipinski definition) is 1. The summed E-state index contributed by atoms with van der Waals surface area (Å²) in [6, 6.07) is 7.85. The minimum atomic E-state index is -0.135. The molecule has 2 aromatic rings. The number of allylic oxidation sites excluding steroid dienone is 2. The average Bonchev–Trinajstić information content (AvgIpc) is 2.90. The quantitative estimate of drug-likeness (QED) is 0.687. The van der Waals surface area contributed by atoms with E-state index < -0.39 is 0 Å². The highest BCUT2D eigenvalue weighted by Gasteiger charge is 2.50. The lowest BCUT2D eigenvalue weighted by atomic mass is 9.49. The fourth-order valence-corrected chi connectivity index (χ4v) is 4.30. The summed E-state index contributed by atoms with van der Waals surface area (Å²) in [5, 5.41) is 4.20. The van der Waals surface area contributed by atoms with Crippen LogP contribution in [0.3, 0.4) is 0 Å². The molecular weight excluding hydrogens is 312 g/mol. The second-order valence-corrected chi connectivity index (χ2v) is 7.77. The zero-order valence-corrected chi connectivity index (χ0v) is 15.0. The van der Waals surface area contributed by atoms with E-state index in [0.29, 0.717) is 11.3 Å². The molecule has 130 valence electrons. The van der Waals surface area contributed by atoms with Gasteiger partial charge in [0.2, 0.25) is 0 Å². The summed E-state index contributed by atoms with van der Waals surface area (Å²) in [7, 11) is 0. The summed E-state index contributed by atoms with van der Waals surface area (Å²) in [4.78, 5) is 16.8. The number of imidazole rings is 1. The highest BCUT2D eigenvalue weighted by Crippen LogP contribution is 2.58. The topological polar surface area (TPSA) is 59.3 Å². The number of benzene rings is 1. The lowest BCUT2D eigenvalue weighted by Gasteiger charge is -2.55. The fourth-order valence-electron chi connectivity index (χ4n) is 4.30. The first-order chi connectivity index (χ1) is 12.0. The van der Waals surface area contributed by atoms with Crippen LogP contribution in [-0.4, -0.2) is 21.7 Å². The average molecular weight is 336 g/mol. The Morgan fingerprint density at radius 1 is 1.44 bits per heavy atom. The summed E-state index contributed by atoms with van der Waals surface area (Å²) >= 11 is 0. The van der Waals surface area contributed by atoms with E-state index in [2.05, 4.69) is 35.4 Å². The number of para-hydroxylation sites is 2. The number of fused-ring (bicyclic) bond motifs is 2. The molecule has 5 heteroatoms. The Morgan fingerprint density at radius 3 is 3.00 bits per heavy atom. The molecule has 25 heavy (non-hydrogen) atoms. The second-order valence-electron chi connectivity index (χ2n) is 7.77. The van der Waals surface area contributed by atoms with E-state index in [4.69, 9.17) is 0 Å². The van der Waals surface area contributed by atoms with Crippen molar-refractivity contribution in [2.45, 2.75) is 40.2 Å². The molecule has 5 nitrogen and oxygen atoms in total. The molecule has 5 rings (SSSR count). The number of aromatic nitrogens is 2. The third-order valence-electron chi connectivity index (χ3n) is 6.06. The van der Waals surface area contributed by atoms with Crippen molar-refractivity contribution < 1.29 is 4.79 Å². The van der Waals surface area contributed by atoms with Crippen LogP contribution in [0.15, 0.2) is 41.0 Å². The largest absolute Gasteiger partial charge is 0.319 e. The lowest BCUT2D eigenvalue weighted by Crippen LogP contribution is -2.48. The van der Waals surface area contributed by atoms with Crippen LogP contribution >= 0.6 is 0 Å². The molecule has 0 saturated heterocycles. The van der Waals surface area contributed by atoms with Crippen molar-refractivity contribution in [3.8, 4) is 0 Å². The molecule has 2 bridgehead atoms. The van der Waals surface area contributed by atoms with Gasteiger partial charge in [0.25, 0.3) is 5.91 Å². The first-order valence-electron chi connectivity index (χ1n) is 8.90. The van der Waals surface area contributed by atoms with Crippen LogP contribution in [0.4, 0.5) is 0 Å². The van der Waals surface area contributed by atoms with E-state index in [1.54, 1.807) is 0 Å². The van der Waals surface area contributed by atoms with Gasteiger partial charge < -0.3 is 4.57 Å². The number of nitrogens with zero attached hydrogens (tertiary/aromatic N) is 3. The predicted octanol–water partition coefficient (Wildman–Crippen LogP) is 3.44. The van der Waals surface area contributed by atoms with Crippen LogP contribution in [0.5, 0.6) is 0 Å². The van der Waals surface area contributed by atoms with Gasteiger partial charge in [-0.25, -0.2) is 10.4 Å². The standard InChI is InChI=1S/C20H24N4O/c1-13-22-17-6-4-5-7-18(17)24(13)12-19(25)23-21-11-14-8-9-15-10-16(14)20(15,2)3/h4-8,11,15-16H,9-10,12H2,1-3H3,(H,23,25)/b21-11+. The van der Waals surface area contributed by atoms with E-state index in [0.717, 1.165) is 29.2 Å². The summed E-state index contributed by atoms with van der Waals surface area (Å²) in [5.74, 6) is 2.08. The highest BCUT2D eigenvalue weighted by molar-refractivity contribution is 5.84. The molecule has 0 radical (unpaired) electrons. The summed E-state index contributed by atoms with van der Waals surface area (Å²) < 4.78 is 1.92. The van der Waals surface area contributed by atoms with E-state index in [1.807, 2.05) is 42.0 Å². The minimum Gasteiger partial charge on any atom is -0.319 e. The third-order valence-corrected chi connectivity index (χ3v) is 6.06. The van der Waals surface area contributed by atoms with Crippen LogP contribution < -0.4 is 5.43 Å². The maximum atomic E-state index is 12.3. The highest BCUT2D eigenvalue weighted by atomic mass is 16.2. The van der Waals surface area contributed by atoms with Crippen molar-refractivity contribution in [2.75, 3.05) is 0 Å². The Labute approximate surface area is 147 Å². The fraction of sp³-hybridized carbons (Fsp3) is 0.450. The molecule has 1 amide bonds. The van der Waals surface area contributed by atoms with Crippen molar-refractivity contribution in [1.29, 1.82) is 0 Å². The van der Waals surface area contributed by atoms with E-state index in [-0.39, 0.29) is 12.5 Å². The molecule has 1 aromatic heterocycles. The van der Waals surface area contributed by atoms with Crippen molar-refractivity contribution in [1.82, 2.24) is 15.0 Å². The molecule has 0 aliphatic heterocycles. The normalized spacial score (nSPS) is 24.2. The number of carbonyl (C=O) groups excluding carboxylic acids is 1. The number of hydrazone groups is 1. The lowest BCUT2D eigenvalue weighted by molar-refractivity contribution is -0.121. The van der Waals surface area contributed by atoms with Gasteiger partial charge in [-0.15, -0.1) is 0 Å². The number of carbonyl (C=O) groups is 1. The van der Waals surface area contributed by atoms with Crippen LogP contribution in [-0.2, 0) is 11.3 Å². The zero-order valence-electron chi connectivity index (χ0n) is 15.0. The Balaban J connectivity index is 1.41. The molecule has 2 unspecified atom stereocenters. The molecule has 3 aliphatic rings. The van der Waals surface area contributed by atoms with Gasteiger partial charge >= 0.3 is 0 Å². The molecule has 1 heterocycles. The van der Waals surface area contributed by atoms with Crippen LogP contribution in [0.2, 0.25) is 0 Å². The van der Waals surface area contributed by atoms with E-state index in [1.165, 1.54) is 12.0 Å². The summed E-state index contributed by atoms with van der Waals surface area (Å²) in [6.07, 6.45) is 6.48. The Hall–Kier alpha value is -2.43. The molecule has 1 N–H and O–H groups in total. The maximum absolute atomic E-state index is 12.3. The van der Waals surface area contributed by atoms with Crippen LogP contribution in [0.1, 0.15) is 32.5 Å². The summed E-state index contributed by atoms with van der Waals surface area (Å²) in [6.45, 7) is 6.80. The molecule has 2 atom stereocenters. The van der Waals surface area contributed by atoms with Gasteiger partial charge in [-0.05, 0) is 54.7 Å². The molecule has 3 aliphatic carbocycles. The number of amides is 1. The van der Waals surface area contributed by atoms with Gasteiger partial charge in [0.1, 0.15) is 12.4 Å². The molecule has 1 saturated carbocycles. The predicted molar refractivity (Wildman–Crippen MR) is 99.2 cm³/mol. The van der Waals surface area contributed by atoms with Gasteiger partial charge in [0.05, 0.1) is 17.2 Å². The van der Waals surface area contributed by atoms with Crippen molar-refractivity contribution in [2.24, 2.45) is 22.4 Å². The smallest absolute Gasteiger partial charge is 0.260 e. The number of hydrogen-bond acceptors (Lipinski definition) is 3. The first kappa shape index (κ1) is 16.1.